The highest BCUT2D eigenvalue weighted by Gasteiger charge is 2.39. The van der Waals surface area contributed by atoms with E-state index in [1.165, 1.54) is 0 Å². The van der Waals surface area contributed by atoms with Crippen LogP contribution in [0.2, 0.25) is 5.02 Å². The third-order valence-corrected chi connectivity index (χ3v) is 5.78. The highest BCUT2D eigenvalue weighted by atomic mass is 35.5. The van der Waals surface area contributed by atoms with Crippen molar-refractivity contribution < 1.29 is 18.0 Å². The molecule has 23 heavy (non-hydrogen) atoms. The van der Waals surface area contributed by atoms with Gasteiger partial charge in [-0.05, 0) is 38.5 Å². The summed E-state index contributed by atoms with van der Waals surface area (Å²) in [5.74, 6) is 0.437. The molecule has 1 atom stereocenters. The van der Waals surface area contributed by atoms with E-state index in [1.807, 2.05) is 13.8 Å². The fraction of sp³-hybridized carbons (Fsp3) is 0.533. The Bertz CT molecular complexity index is 718. The summed E-state index contributed by atoms with van der Waals surface area (Å²) < 4.78 is 30.6. The quantitative estimate of drug-likeness (QED) is 0.730. The molecule has 1 heterocycles. The average molecular weight is 380 g/mol. The van der Waals surface area contributed by atoms with E-state index in [0.717, 1.165) is 0 Å². The SMILES string of the molecule is CC(C)Oc1cc(CS(=O)(=O)C2=NOC(C)(CCl)C2)ccc1Cl. The second-order valence-corrected chi connectivity index (χ2v) is 8.69. The number of hydrogen-bond acceptors (Lipinski definition) is 5. The van der Waals surface area contributed by atoms with Crippen molar-refractivity contribution in [3.63, 3.8) is 0 Å². The van der Waals surface area contributed by atoms with Gasteiger partial charge in [0.2, 0.25) is 0 Å². The molecule has 0 spiro atoms. The van der Waals surface area contributed by atoms with Gasteiger partial charge in [0.25, 0.3) is 0 Å². The van der Waals surface area contributed by atoms with E-state index >= 15 is 0 Å². The third kappa shape index (κ3) is 4.52. The molecule has 1 aliphatic heterocycles. The molecule has 1 aliphatic rings. The molecule has 0 saturated heterocycles. The van der Waals surface area contributed by atoms with Crippen molar-refractivity contribution in [2.75, 3.05) is 5.88 Å². The van der Waals surface area contributed by atoms with Gasteiger partial charge in [-0.2, -0.15) is 0 Å². The van der Waals surface area contributed by atoms with E-state index in [9.17, 15) is 8.42 Å². The van der Waals surface area contributed by atoms with E-state index in [1.54, 1.807) is 25.1 Å². The largest absolute Gasteiger partial charge is 0.489 e. The lowest BCUT2D eigenvalue weighted by Gasteiger charge is -2.16. The Hall–Kier alpha value is -0.980. The summed E-state index contributed by atoms with van der Waals surface area (Å²) in [6.07, 6.45) is 0.110. The average Bonchev–Trinajstić information content (AvgIpc) is 2.86. The summed E-state index contributed by atoms with van der Waals surface area (Å²) in [4.78, 5) is 5.15. The molecule has 1 unspecified atom stereocenters. The number of hydrogen-bond donors (Lipinski definition) is 0. The maximum absolute atomic E-state index is 12.5. The van der Waals surface area contributed by atoms with Crippen LogP contribution in [0.1, 0.15) is 32.8 Å². The minimum absolute atomic E-state index is 0.0157. The van der Waals surface area contributed by atoms with Crippen LogP contribution in [-0.4, -0.2) is 31.0 Å². The molecule has 8 heteroatoms. The predicted octanol–water partition coefficient (Wildman–Crippen LogP) is 3.77. The van der Waals surface area contributed by atoms with E-state index in [-0.39, 0.29) is 29.2 Å². The Morgan fingerprint density at radius 2 is 2.13 bits per heavy atom. The smallest absolute Gasteiger partial charge is 0.199 e. The molecule has 0 saturated carbocycles. The first-order valence-corrected chi connectivity index (χ1v) is 9.70. The van der Waals surface area contributed by atoms with E-state index < -0.39 is 15.4 Å². The van der Waals surface area contributed by atoms with Crippen LogP contribution in [-0.2, 0) is 20.4 Å². The standard InChI is InChI=1S/C15H19Cl2NO4S/c1-10(2)21-13-6-11(4-5-12(13)17)8-23(19,20)14-7-15(3,9-16)22-18-14/h4-6,10H,7-9H2,1-3H3. The Balaban J connectivity index is 2.18. The zero-order valence-corrected chi connectivity index (χ0v) is 15.5. The van der Waals surface area contributed by atoms with Crippen molar-refractivity contribution >= 4 is 38.1 Å². The van der Waals surface area contributed by atoms with E-state index in [0.29, 0.717) is 16.3 Å². The van der Waals surface area contributed by atoms with Crippen molar-refractivity contribution in [3.05, 3.63) is 28.8 Å². The Labute approximate surface area is 146 Å². The molecule has 128 valence electrons. The van der Waals surface area contributed by atoms with Crippen LogP contribution in [0.5, 0.6) is 5.75 Å². The van der Waals surface area contributed by atoms with Gasteiger partial charge < -0.3 is 9.57 Å². The molecule has 0 N–H and O–H groups in total. The first-order valence-electron chi connectivity index (χ1n) is 7.14. The van der Waals surface area contributed by atoms with Crippen LogP contribution in [0.25, 0.3) is 0 Å². The van der Waals surface area contributed by atoms with Crippen molar-refractivity contribution in [2.45, 2.75) is 44.6 Å². The second kappa shape index (κ2) is 6.87. The maximum atomic E-state index is 12.5. The van der Waals surface area contributed by atoms with Crippen LogP contribution in [0.15, 0.2) is 23.4 Å². The summed E-state index contributed by atoms with van der Waals surface area (Å²) in [6.45, 7) is 5.47. The van der Waals surface area contributed by atoms with Crippen molar-refractivity contribution in [2.24, 2.45) is 5.16 Å². The minimum Gasteiger partial charge on any atom is -0.489 e. The topological polar surface area (TPSA) is 65.0 Å². The lowest BCUT2D eigenvalue weighted by molar-refractivity contribution is 0.0152. The lowest BCUT2D eigenvalue weighted by atomic mass is 10.1. The molecular formula is C15H19Cl2NO4S. The monoisotopic (exact) mass is 379 g/mol. The second-order valence-electron chi connectivity index (χ2n) is 6.03. The fourth-order valence-electron chi connectivity index (χ4n) is 2.07. The van der Waals surface area contributed by atoms with Gasteiger partial charge in [-0.15, -0.1) is 11.6 Å². The molecule has 1 aromatic rings. The van der Waals surface area contributed by atoms with Crippen molar-refractivity contribution in [1.82, 2.24) is 0 Å². The summed E-state index contributed by atoms with van der Waals surface area (Å²) in [6, 6.07) is 4.92. The first kappa shape index (κ1) is 18.4. The normalized spacial score (nSPS) is 21.2. The zero-order valence-electron chi connectivity index (χ0n) is 13.2. The molecule has 0 aliphatic carbocycles. The van der Waals surface area contributed by atoms with Crippen LogP contribution < -0.4 is 4.74 Å². The molecule has 0 aromatic heterocycles. The predicted molar refractivity (Wildman–Crippen MR) is 92.1 cm³/mol. The molecular weight excluding hydrogens is 361 g/mol. The van der Waals surface area contributed by atoms with Crippen LogP contribution in [0, 0.1) is 0 Å². The minimum atomic E-state index is -3.58. The van der Waals surface area contributed by atoms with Crippen molar-refractivity contribution in [3.8, 4) is 5.75 Å². The van der Waals surface area contributed by atoms with Gasteiger partial charge in [-0.25, -0.2) is 8.42 Å². The molecule has 0 radical (unpaired) electrons. The van der Waals surface area contributed by atoms with E-state index in [2.05, 4.69) is 5.16 Å². The number of sulfone groups is 1. The first-order chi connectivity index (χ1) is 10.6. The summed E-state index contributed by atoms with van der Waals surface area (Å²) in [7, 11) is -3.58. The Kier molecular flexibility index (Phi) is 5.48. The number of ether oxygens (including phenoxy) is 1. The maximum Gasteiger partial charge on any atom is 0.199 e. The lowest BCUT2D eigenvalue weighted by Crippen LogP contribution is -2.28. The van der Waals surface area contributed by atoms with Gasteiger partial charge in [0.05, 0.1) is 22.8 Å². The summed E-state index contributed by atoms with van der Waals surface area (Å²) >= 11 is 11.8. The summed E-state index contributed by atoms with van der Waals surface area (Å²) in [5, 5.41) is 4.16. The summed E-state index contributed by atoms with van der Waals surface area (Å²) in [5.41, 5.74) is -0.192. The molecule has 0 amide bonds. The molecule has 2 rings (SSSR count). The number of alkyl halides is 1. The highest BCUT2D eigenvalue weighted by Crippen LogP contribution is 2.30. The van der Waals surface area contributed by atoms with Gasteiger partial charge in [0.1, 0.15) is 5.75 Å². The Morgan fingerprint density at radius 3 is 2.70 bits per heavy atom. The fourth-order valence-corrected chi connectivity index (χ4v) is 3.83. The van der Waals surface area contributed by atoms with Gasteiger partial charge in [-0.3, -0.25) is 0 Å². The van der Waals surface area contributed by atoms with Gasteiger partial charge >= 0.3 is 0 Å². The third-order valence-electron chi connectivity index (χ3n) is 3.25. The molecule has 5 nitrogen and oxygen atoms in total. The van der Waals surface area contributed by atoms with Gasteiger partial charge in [-0.1, -0.05) is 22.8 Å². The van der Waals surface area contributed by atoms with Crippen LogP contribution >= 0.6 is 23.2 Å². The molecule has 0 fully saturated rings. The Morgan fingerprint density at radius 1 is 1.43 bits per heavy atom. The van der Waals surface area contributed by atoms with Crippen LogP contribution in [0.4, 0.5) is 0 Å². The number of benzene rings is 1. The number of oxime groups is 1. The highest BCUT2D eigenvalue weighted by molar-refractivity contribution is 8.05. The van der Waals surface area contributed by atoms with Crippen molar-refractivity contribution in [1.29, 1.82) is 0 Å². The zero-order chi connectivity index (χ0) is 17.3. The van der Waals surface area contributed by atoms with Crippen LogP contribution in [0.3, 0.4) is 0 Å². The molecule has 1 aromatic carbocycles. The number of rotatable bonds is 5. The van der Waals surface area contributed by atoms with Gasteiger partial charge in [0.15, 0.2) is 20.5 Å². The number of halogens is 2. The van der Waals surface area contributed by atoms with Gasteiger partial charge in [0, 0.05) is 6.42 Å². The number of nitrogens with zero attached hydrogens (tertiary/aromatic N) is 1. The molecule has 0 bridgehead atoms. The van der Waals surface area contributed by atoms with E-state index in [4.69, 9.17) is 32.8 Å².